The highest BCUT2D eigenvalue weighted by atomic mass is 16.5. The molecule has 0 fully saturated rings. The first-order valence-corrected chi connectivity index (χ1v) is 7.72. The molecule has 2 amide bonds. The van der Waals surface area contributed by atoms with E-state index in [1.807, 2.05) is 0 Å². The van der Waals surface area contributed by atoms with Crippen molar-refractivity contribution in [1.82, 2.24) is 9.97 Å². The van der Waals surface area contributed by atoms with Crippen molar-refractivity contribution in [3.05, 3.63) is 36.2 Å². The van der Waals surface area contributed by atoms with Crippen molar-refractivity contribution in [1.29, 1.82) is 0 Å². The molecule has 0 aliphatic carbocycles. The molecule has 1 unspecified atom stereocenters. The molecule has 0 bridgehead atoms. The van der Waals surface area contributed by atoms with Crippen LogP contribution in [-0.2, 0) is 4.79 Å². The van der Waals surface area contributed by atoms with E-state index in [4.69, 9.17) is 9.47 Å². The van der Waals surface area contributed by atoms with E-state index in [1.165, 1.54) is 25.2 Å². The standard InChI is InChI=1S/C17H18N4O4/c1-10-9-21(12-7-5-4-6-11(12)18-16(10)22)17(23)15-19-13(24-2)8-14(20-15)25-3/h4-8,10H,9H2,1-3H3,(H,18,22). The van der Waals surface area contributed by atoms with Crippen LogP contribution in [0, 0.1) is 5.92 Å². The number of nitrogens with zero attached hydrogens (tertiary/aromatic N) is 3. The van der Waals surface area contributed by atoms with Gasteiger partial charge < -0.3 is 19.7 Å². The summed E-state index contributed by atoms with van der Waals surface area (Å²) < 4.78 is 10.2. The van der Waals surface area contributed by atoms with Gasteiger partial charge in [0.05, 0.1) is 37.6 Å². The molecule has 130 valence electrons. The number of methoxy groups -OCH3 is 2. The number of aromatic nitrogens is 2. The Balaban J connectivity index is 2.05. The fourth-order valence-corrected chi connectivity index (χ4v) is 2.55. The van der Waals surface area contributed by atoms with E-state index >= 15 is 0 Å². The van der Waals surface area contributed by atoms with Crippen LogP contribution in [0.15, 0.2) is 30.3 Å². The molecule has 0 saturated carbocycles. The highest BCUT2D eigenvalue weighted by Crippen LogP contribution is 2.31. The third-order valence-corrected chi connectivity index (χ3v) is 3.89. The number of rotatable bonds is 3. The molecular formula is C17H18N4O4. The molecule has 8 nitrogen and oxygen atoms in total. The van der Waals surface area contributed by atoms with E-state index in [9.17, 15) is 9.59 Å². The summed E-state index contributed by atoms with van der Waals surface area (Å²) in [6.45, 7) is 1.97. The summed E-state index contributed by atoms with van der Waals surface area (Å²) in [5.41, 5.74) is 1.16. The van der Waals surface area contributed by atoms with Gasteiger partial charge in [0.1, 0.15) is 0 Å². The van der Waals surface area contributed by atoms with Gasteiger partial charge >= 0.3 is 0 Å². The molecule has 1 N–H and O–H groups in total. The zero-order valence-corrected chi connectivity index (χ0v) is 14.1. The van der Waals surface area contributed by atoms with Crippen LogP contribution in [0.5, 0.6) is 11.8 Å². The molecular weight excluding hydrogens is 324 g/mol. The molecule has 8 heteroatoms. The topological polar surface area (TPSA) is 93.7 Å². The molecule has 1 atom stereocenters. The van der Waals surface area contributed by atoms with Crippen molar-refractivity contribution in [3.8, 4) is 11.8 Å². The monoisotopic (exact) mass is 342 g/mol. The molecule has 0 radical (unpaired) electrons. The zero-order chi connectivity index (χ0) is 18.0. The van der Waals surface area contributed by atoms with Gasteiger partial charge in [0.25, 0.3) is 5.91 Å². The Hall–Kier alpha value is -3.16. The van der Waals surface area contributed by atoms with Gasteiger partial charge in [0.15, 0.2) is 0 Å². The van der Waals surface area contributed by atoms with Crippen LogP contribution in [0.4, 0.5) is 11.4 Å². The number of amides is 2. The van der Waals surface area contributed by atoms with E-state index in [0.29, 0.717) is 11.4 Å². The summed E-state index contributed by atoms with van der Waals surface area (Å²) in [6, 6.07) is 8.60. The fraction of sp³-hybridized carbons (Fsp3) is 0.294. The SMILES string of the molecule is COc1cc(OC)nc(C(=O)N2CC(C)C(=O)Nc3ccccc32)n1. The van der Waals surface area contributed by atoms with Crippen LogP contribution < -0.4 is 19.7 Å². The minimum Gasteiger partial charge on any atom is -0.481 e. The van der Waals surface area contributed by atoms with Crippen LogP contribution >= 0.6 is 0 Å². The molecule has 0 spiro atoms. The van der Waals surface area contributed by atoms with Crippen LogP contribution in [0.3, 0.4) is 0 Å². The second kappa shape index (κ2) is 6.76. The number of benzene rings is 1. The molecule has 2 heterocycles. The van der Waals surface area contributed by atoms with E-state index in [-0.39, 0.29) is 36.0 Å². The van der Waals surface area contributed by atoms with Crippen molar-refractivity contribution in [2.75, 3.05) is 31.0 Å². The number of para-hydroxylation sites is 2. The molecule has 25 heavy (non-hydrogen) atoms. The lowest BCUT2D eigenvalue weighted by molar-refractivity contribution is -0.119. The number of carbonyl (C=O) groups excluding carboxylic acids is 2. The van der Waals surface area contributed by atoms with Gasteiger partial charge in [0.2, 0.25) is 23.5 Å². The Morgan fingerprint density at radius 3 is 2.48 bits per heavy atom. The van der Waals surface area contributed by atoms with Gasteiger partial charge in [-0.05, 0) is 12.1 Å². The molecule has 2 aromatic rings. The van der Waals surface area contributed by atoms with Crippen LogP contribution in [0.25, 0.3) is 0 Å². The van der Waals surface area contributed by atoms with E-state index < -0.39 is 5.91 Å². The number of ether oxygens (including phenoxy) is 2. The Bertz CT molecular complexity index is 802. The van der Waals surface area contributed by atoms with Gasteiger partial charge in [-0.15, -0.1) is 0 Å². The van der Waals surface area contributed by atoms with Gasteiger partial charge in [0, 0.05) is 6.54 Å². The normalized spacial score (nSPS) is 16.5. The molecule has 3 rings (SSSR count). The highest BCUT2D eigenvalue weighted by Gasteiger charge is 2.30. The Morgan fingerprint density at radius 1 is 1.20 bits per heavy atom. The molecule has 1 aromatic heterocycles. The quantitative estimate of drug-likeness (QED) is 0.913. The number of anilines is 2. The van der Waals surface area contributed by atoms with Crippen molar-refractivity contribution in [2.45, 2.75) is 6.92 Å². The molecule has 1 aromatic carbocycles. The third-order valence-electron chi connectivity index (χ3n) is 3.89. The summed E-state index contributed by atoms with van der Waals surface area (Å²) in [4.78, 5) is 34.9. The summed E-state index contributed by atoms with van der Waals surface area (Å²) in [5.74, 6) is -0.586. The van der Waals surface area contributed by atoms with Gasteiger partial charge in [-0.2, -0.15) is 9.97 Å². The van der Waals surface area contributed by atoms with Crippen molar-refractivity contribution in [2.24, 2.45) is 5.92 Å². The lowest BCUT2D eigenvalue weighted by Crippen LogP contribution is -2.36. The van der Waals surface area contributed by atoms with Crippen molar-refractivity contribution >= 4 is 23.2 Å². The molecule has 1 aliphatic heterocycles. The first kappa shape index (κ1) is 16.7. The van der Waals surface area contributed by atoms with Crippen molar-refractivity contribution < 1.29 is 19.1 Å². The molecule has 1 aliphatic rings. The number of carbonyl (C=O) groups is 2. The predicted molar refractivity (Wildman–Crippen MR) is 91.0 cm³/mol. The largest absolute Gasteiger partial charge is 0.481 e. The third kappa shape index (κ3) is 3.23. The summed E-state index contributed by atoms with van der Waals surface area (Å²) >= 11 is 0. The fourth-order valence-electron chi connectivity index (χ4n) is 2.55. The summed E-state index contributed by atoms with van der Waals surface area (Å²) in [5, 5.41) is 2.83. The maximum atomic E-state index is 13.1. The molecule has 0 saturated heterocycles. The lowest BCUT2D eigenvalue weighted by Gasteiger charge is -2.22. The minimum atomic E-state index is -0.437. The number of hydrogen-bond donors (Lipinski definition) is 1. The average Bonchev–Trinajstić information content (AvgIpc) is 2.77. The van der Waals surface area contributed by atoms with E-state index in [0.717, 1.165) is 0 Å². The number of hydrogen-bond acceptors (Lipinski definition) is 6. The number of nitrogens with one attached hydrogen (secondary N) is 1. The highest BCUT2D eigenvalue weighted by molar-refractivity contribution is 6.09. The Morgan fingerprint density at radius 2 is 1.84 bits per heavy atom. The van der Waals surface area contributed by atoms with E-state index in [1.54, 1.807) is 31.2 Å². The van der Waals surface area contributed by atoms with Crippen LogP contribution in [0.1, 0.15) is 17.5 Å². The Kier molecular flexibility index (Phi) is 4.51. The van der Waals surface area contributed by atoms with Crippen LogP contribution in [0.2, 0.25) is 0 Å². The summed E-state index contributed by atoms with van der Waals surface area (Å²) in [7, 11) is 2.89. The van der Waals surface area contributed by atoms with Crippen molar-refractivity contribution in [3.63, 3.8) is 0 Å². The Labute approximate surface area is 144 Å². The number of fused-ring (bicyclic) bond motifs is 1. The summed E-state index contributed by atoms with van der Waals surface area (Å²) in [6.07, 6.45) is 0. The maximum Gasteiger partial charge on any atom is 0.296 e. The first-order chi connectivity index (χ1) is 12.0. The smallest absolute Gasteiger partial charge is 0.296 e. The zero-order valence-electron chi connectivity index (χ0n) is 14.1. The lowest BCUT2D eigenvalue weighted by atomic mass is 10.1. The van der Waals surface area contributed by atoms with Gasteiger partial charge in [-0.1, -0.05) is 19.1 Å². The average molecular weight is 342 g/mol. The maximum absolute atomic E-state index is 13.1. The first-order valence-electron chi connectivity index (χ1n) is 7.72. The minimum absolute atomic E-state index is 0.0625. The van der Waals surface area contributed by atoms with E-state index in [2.05, 4.69) is 15.3 Å². The second-order valence-corrected chi connectivity index (χ2v) is 5.60. The van der Waals surface area contributed by atoms with Crippen LogP contribution in [-0.4, -0.2) is 42.5 Å². The predicted octanol–water partition coefficient (Wildman–Crippen LogP) is 1.73. The second-order valence-electron chi connectivity index (χ2n) is 5.60. The van der Waals surface area contributed by atoms with Gasteiger partial charge in [-0.3, -0.25) is 9.59 Å². The van der Waals surface area contributed by atoms with Gasteiger partial charge in [-0.25, -0.2) is 0 Å².